The molecule has 198 valence electrons. The van der Waals surface area contributed by atoms with Gasteiger partial charge in [0.1, 0.15) is 11.2 Å². The van der Waals surface area contributed by atoms with Crippen molar-refractivity contribution in [3.8, 4) is 11.3 Å². The number of carbonyl (C=O) groups is 1. The van der Waals surface area contributed by atoms with Crippen molar-refractivity contribution in [2.75, 3.05) is 39.4 Å². The SMILES string of the molecule is C1COCCN1.Cc1cc(-c2[nH]c3sc(C4CCN(C=O)CC4)c(CO)c3c2C(C)C)cn2ncnc12. The number of aryl methyl sites for hydroxylation is 1. The number of likely N-dealkylation sites (tertiary alicyclic amines) is 1. The molecule has 1 amide bonds. The number of rotatable bonds is 5. The van der Waals surface area contributed by atoms with E-state index in [2.05, 4.69) is 47.2 Å². The van der Waals surface area contributed by atoms with Crippen molar-refractivity contribution in [1.82, 2.24) is 29.8 Å². The Balaban J connectivity index is 0.000000412. The number of aromatic amines is 1. The number of nitrogens with one attached hydrogen (secondary N) is 2. The Morgan fingerprint density at radius 3 is 2.62 bits per heavy atom. The molecule has 6 rings (SSSR count). The van der Waals surface area contributed by atoms with Crippen LogP contribution in [0.3, 0.4) is 0 Å². The predicted octanol–water partition coefficient (Wildman–Crippen LogP) is 3.81. The fraction of sp³-hybridized carbons (Fsp3) is 0.519. The molecule has 0 spiro atoms. The molecule has 0 unspecified atom stereocenters. The molecule has 0 radical (unpaired) electrons. The summed E-state index contributed by atoms with van der Waals surface area (Å²) in [5.74, 6) is 0.682. The molecule has 0 saturated carbocycles. The van der Waals surface area contributed by atoms with Crippen LogP contribution < -0.4 is 5.32 Å². The zero-order chi connectivity index (χ0) is 25.9. The zero-order valence-corrected chi connectivity index (χ0v) is 22.6. The van der Waals surface area contributed by atoms with Gasteiger partial charge in [-0.3, -0.25) is 4.79 Å². The van der Waals surface area contributed by atoms with Crippen LogP contribution in [-0.2, 0) is 16.1 Å². The minimum atomic E-state index is 0.0291. The maximum atomic E-state index is 11.1. The molecule has 10 heteroatoms. The third-order valence-electron chi connectivity index (χ3n) is 7.29. The van der Waals surface area contributed by atoms with Gasteiger partial charge in [0, 0.05) is 53.8 Å². The van der Waals surface area contributed by atoms with Gasteiger partial charge < -0.3 is 25.0 Å². The number of amides is 1. The van der Waals surface area contributed by atoms with Gasteiger partial charge >= 0.3 is 0 Å². The maximum absolute atomic E-state index is 11.1. The van der Waals surface area contributed by atoms with E-state index in [0.29, 0.717) is 11.8 Å². The molecule has 37 heavy (non-hydrogen) atoms. The van der Waals surface area contributed by atoms with Crippen LogP contribution in [0.2, 0.25) is 0 Å². The largest absolute Gasteiger partial charge is 0.392 e. The number of pyridine rings is 1. The third-order valence-corrected chi connectivity index (χ3v) is 8.60. The van der Waals surface area contributed by atoms with E-state index in [4.69, 9.17) is 4.74 Å². The highest BCUT2D eigenvalue weighted by molar-refractivity contribution is 7.19. The molecule has 0 bridgehead atoms. The fourth-order valence-corrected chi connectivity index (χ4v) is 6.87. The number of H-pyrrole nitrogens is 1. The fourth-order valence-electron chi connectivity index (χ4n) is 5.47. The average Bonchev–Trinajstić information content (AvgIpc) is 3.63. The van der Waals surface area contributed by atoms with Gasteiger partial charge in [-0.05, 0) is 48.8 Å². The lowest BCUT2D eigenvalue weighted by Gasteiger charge is -2.29. The smallest absolute Gasteiger partial charge is 0.209 e. The summed E-state index contributed by atoms with van der Waals surface area (Å²) in [6, 6.07) is 2.15. The second-order valence-corrected chi connectivity index (χ2v) is 11.1. The van der Waals surface area contributed by atoms with Crippen LogP contribution in [0.1, 0.15) is 60.1 Å². The van der Waals surface area contributed by atoms with Gasteiger partial charge in [0.05, 0.1) is 25.5 Å². The Labute approximate surface area is 220 Å². The number of ether oxygens (including phenoxy) is 1. The molecule has 0 aliphatic carbocycles. The molecule has 4 aromatic heterocycles. The van der Waals surface area contributed by atoms with Gasteiger partial charge in [-0.25, -0.2) is 9.50 Å². The van der Waals surface area contributed by atoms with E-state index in [1.165, 1.54) is 15.8 Å². The normalized spacial score (nSPS) is 16.9. The maximum Gasteiger partial charge on any atom is 0.209 e. The van der Waals surface area contributed by atoms with Crippen molar-refractivity contribution < 1.29 is 14.6 Å². The number of fused-ring (bicyclic) bond motifs is 2. The summed E-state index contributed by atoms with van der Waals surface area (Å²) < 4.78 is 6.83. The Kier molecular flexibility index (Phi) is 7.89. The Hall–Kier alpha value is -2.79. The van der Waals surface area contributed by atoms with Crippen LogP contribution in [0, 0.1) is 6.92 Å². The van der Waals surface area contributed by atoms with Crippen molar-refractivity contribution in [2.45, 2.75) is 52.1 Å². The molecule has 2 aliphatic rings. The lowest BCUT2D eigenvalue weighted by molar-refractivity contribution is -0.119. The molecule has 2 aliphatic heterocycles. The molecule has 2 fully saturated rings. The van der Waals surface area contributed by atoms with Crippen molar-refractivity contribution in [2.24, 2.45) is 0 Å². The van der Waals surface area contributed by atoms with Crippen LogP contribution in [0.5, 0.6) is 0 Å². The standard InChI is InChI=1S/C23H27N5O2S.C4H9NO/c1-13(2)18-19-17(10-29)21(15-4-6-27(12-30)7-5-15)31-23(19)26-20(18)16-8-14(3)22-24-11-25-28(22)9-16;1-3-6-4-2-5-1/h8-9,11-13,15,26,29H,4-7,10H2,1-3H3;5H,1-4H2. The quantitative estimate of drug-likeness (QED) is 0.343. The van der Waals surface area contributed by atoms with Gasteiger partial charge in [0.15, 0.2) is 5.65 Å². The van der Waals surface area contributed by atoms with E-state index in [9.17, 15) is 9.90 Å². The number of piperidine rings is 1. The van der Waals surface area contributed by atoms with Gasteiger partial charge in [-0.15, -0.1) is 11.3 Å². The molecular formula is C27H36N6O3S. The van der Waals surface area contributed by atoms with E-state index in [1.807, 2.05) is 15.6 Å². The summed E-state index contributed by atoms with van der Waals surface area (Å²) >= 11 is 1.76. The Morgan fingerprint density at radius 2 is 2.03 bits per heavy atom. The van der Waals surface area contributed by atoms with E-state index in [1.54, 1.807) is 17.7 Å². The van der Waals surface area contributed by atoms with E-state index in [0.717, 1.165) is 91.5 Å². The van der Waals surface area contributed by atoms with Crippen molar-refractivity contribution >= 4 is 33.6 Å². The van der Waals surface area contributed by atoms with Crippen molar-refractivity contribution in [1.29, 1.82) is 0 Å². The lowest BCUT2D eigenvalue weighted by atomic mass is 9.90. The summed E-state index contributed by atoms with van der Waals surface area (Å²) in [5.41, 5.74) is 6.40. The number of hydrogen-bond acceptors (Lipinski definition) is 7. The minimum absolute atomic E-state index is 0.0291. The second-order valence-electron chi connectivity index (χ2n) is 10.1. The molecule has 0 atom stereocenters. The molecule has 3 N–H and O–H groups in total. The van der Waals surface area contributed by atoms with Crippen molar-refractivity contribution in [3.05, 3.63) is 40.2 Å². The molecule has 6 heterocycles. The summed E-state index contributed by atoms with van der Waals surface area (Å²) in [6.45, 7) is 11.9. The number of hydrogen-bond donors (Lipinski definition) is 3. The molecule has 4 aromatic rings. The summed E-state index contributed by atoms with van der Waals surface area (Å²) in [4.78, 5) is 23.3. The first-order chi connectivity index (χ1) is 18.0. The number of aromatic nitrogens is 4. The van der Waals surface area contributed by atoms with E-state index in [-0.39, 0.29) is 6.61 Å². The van der Waals surface area contributed by atoms with Crippen LogP contribution in [0.4, 0.5) is 0 Å². The van der Waals surface area contributed by atoms with Crippen LogP contribution >= 0.6 is 11.3 Å². The van der Waals surface area contributed by atoms with Gasteiger partial charge in [0.2, 0.25) is 6.41 Å². The monoisotopic (exact) mass is 524 g/mol. The predicted molar refractivity (Wildman–Crippen MR) is 146 cm³/mol. The minimum Gasteiger partial charge on any atom is -0.392 e. The topological polar surface area (TPSA) is 108 Å². The summed E-state index contributed by atoms with van der Waals surface area (Å²) in [6.07, 6.45) is 6.43. The van der Waals surface area contributed by atoms with E-state index < -0.39 is 0 Å². The van der Waals surface area contributed by atoms with Gasteiger partial charge in [0.25, 0.3) is 0 Å². The highest BCUT2D eigenvalue weighted by atomic mass is 32.1. The number of aliphatic hydroxyl groups excluding tert-OH is 1. The number of carbonyl (C=O) groups excluding carboxylic acids is 1. The van der Waals surface area contributed by atoms with Gasteiger partial charge in [-0.1, -0.05) is 13.8 Å². The highest BCUT2D eigenvalue weighted by Gasteiger charge is 2.28. The van der Waals surface area contributed by atoms with Gasteiger partial charge in [-0.2, -0.15) is 5.10 Å². The molecule has 9 nitrogen and oxygen atoms in total. The zero-order valence-electron chi connectivity index (χ0n) is 21.8. The number of morpholine rings is 1. The highest BCUT2D eigenvalue weighted by Crippen LogP contribution is 2.46. The van der Waals surface area contributed by atoms with Crippen molar-refractivity contribution in [3.63, 3.8) is 0 Å². The Morgan fingerprint density at radius 1 is 1.27 bits per heavy atom. The number of aliphatic hydroxyl groups is 1. The number of thiophene rings is 1. The van der Waals surface area contributed by atoms with E-state index >= 15 is 0 Å². The first kappa shape index (κ1) is 25.8. The Bertz CT molecular complexity index is 1350. The molecule has 0 aromatic carbocycles. The third kappa shape index (κ3) is 5.16. The van der Waals surface area contributed by atoms with Crippen LogP contribution in [-0.4, -0.2) is 75.4 Å². The first-order valence-electron chi connectivity index (χ1n) is 13.1. The lowest BCUT2D eigenvalue weighted by Crippen LogP contribution is -2.31. The first-order valence-corrected chi connectivity index (χ1v) is 13.9. The molecular weight excluding hydrogens is 488 g/mol. The molecule has 2 saturated heterocycles. The summed E-state index contributed by atoms with van der Waals surface area (Å²) in [7, 11) is 0. The summed E-state index contributed by atoms with van der Waals surface area (Å²) in [5, 5.41) is 19.0. The number of nitrogens with zero attached hydrogens (tertiary/aromatic N) is 4. The van der Waals surface area contributed by atoms with Crippen LogP contribution in [0.25, 0.3) is 27.1 Å². The van der Waals surface area contributed by atoms with Crippen LogP contribution in [0.15, 0.2) is 18.6 Å². The average molecular weight is 525 g/mol. The second kappa shape index (κ2) is 11.3.